The van der Waals surface area contributed by atoms with E-state index in [1.807, 2.05) is 0 Å². The van der Waals surface area contributed by atoms with E-state index < -0.39 is 23.2 Å². The maximum absolute atomic E-state index is 13.4. The first-order valence-corrected chi connectivity index (χ1v) is 6.44. The molecule has 0 radical (unpaired) electrons. The number of hydrogen-bond acceptors (Lipinski definition) is 4. The number of nitrogens with one attached hydrogen (secondary N) is 2. The molecular formula is C14H14F2N4O. The highest BCUT2D eigenvalue weighted by atomic mass is 19.1. The molecule has 0 atom stereocenters. The Morgan fingerprint density at radius 3 is 2.52 bits per heavy atom. The third kappa shape index (κ3) is 3.55. The molecule has 0 aliphatic carbocycles. The van der Waals surface area contributed by atoms with Crippen molar-refractivity contribution in [3.05, 3.63) is 41.6 Å². The predicted octanol–water partition coefficient (Wildman–Crippen LogP) is 1.22. The fourth-order valence-corrected chi connectivity index (χ4v) is 1.96. The van der Waals surface area contributed by atoms with E-state index in [0.29, 0.717) is 26.2 Å². The summed E-state index contributed by atoms with van der Waals surface area (Å²) in [6.45, 7) is 2.29. The van der Waals surface area contributed by atoms with Gasteiger partial charge in [-0.2, -0.15) is 5.26 Å². The molecule has 0 saturated carbocycles. The van der Waals surface area contributed by atoms with E-state index in [9.17, 15) is 13.6 Å². The minimum Gasteiger partial charge on any atom is -0.355 e. The molecule has 1 aromatic rings. The van der Waals surface area contributed by atoms with Gasteiger partial charge in [-0.1, -0.05) is 6.07 Å². The van der Waals surface area contributed by atoms with Crippen molar-refractivity contribution in [2.24, 2.45) is 0 Å². The van der Waals surface area contributed by atoms with Gasteiger partial charge in [0.15, 0.2) is 0 Å². The van der Waals surface area contributed by atoms with Crippen molar-refractivity contribution < 1.29 is 13.6 Å². The van der Waals surface area contributed by atoms with E-state index in [1.54, 1.807) is 6.07 Å². The predicted molar refractivity (Wildman–Crippen MR) is 73.1 cm³/mol. The van der Waals surface area contributed by atoms with Gasteiger partial charge in [0, 0.05) is 32.4 Å². The quantitative estimate of drug-likeness (QED) is 0.649. The first-order valence-electron chi connectivity index (χ1n) is 6.44. The molecule has 0 unspecified atom stereocenters. The van der Waals surface area contributed by atoms with Crippen molar-refractivity contribution in [1.29, 1.82) is 5.26 Å². The molecule has 1 aliphatic rings. The summed E-state index contributed by atoms with van der Waals surface area (Å²) in [7, 11) is 0. The van der Waals surface area contributed by atoms with Crippen LogP contribution in [-0.4, -0.2) is 37.0 Å². The van der Waals surface area contributed by atoms with Crippen LogP contribution in [0.1, 0.15) is 0 Å². The van der Waals surface area contributed by atoms with Crippen LogP contribution in [0.4, 0.5) is 14.5 Å². The highest BCUT2D eigenvalue weighted by Gasteiger charge is 2.20. The number of hydrogen-bond donors (Lipinski definition) is 2. The van der Waals surface area contributed by atoms with Gasteiger partial charge < -0.3 is 15.5 Å². The van der Waals surface area contributed by atoms with Gasteiger partial charge >= 0.3 is 0 Å². The number of carbonyl (C=O) groups is 1. The van der Waals surface area contributed by atoms with Gasteiger partial charge in [0.1, 0.15) is 29.0 Å². The van der Waals surface area contributed by atoms with E-state index in [2.05, 4.69) is 10.6 Å². The summed E-state index contributed by atoms with van der Waals surface area (Å²) in [6.07, 6.45) is 1.03. The molecule has 5 nitrogen and oxygen atoms in total. The number of amides is 1. The van der Waals surface area contributed by atoms with Crippen LogP contribution in [0.3, 0.4) is 0 Å². The van der Waals surface area contributed by atoms with Crippen LogP contribution in [0, 0.1) is 23.0 Å². The fraction of sp³-hybridized carbons (Fsp3) is 0.286. The van der Waals surface area contributed by atoms with Crippen molar-refractivity contribution in [2.75, 3.05) is 31.5 Å². The fourth-order valence-electron chi connectivity index (χ4n) is 1.96. The van der Waals surface area contributed by atoms with Crippen LogP contribution in [0.5, 0.6) is 0 Å². The first kappa shape index (κ1) is 14.9. The van der Waals surface area contributed by atoms with E-state index >= 15 is 0 Å². The molecule has 2 rings (SSSR count). The van der Waals surface area contributed by atoms with Gasteiger partial charge in [0.2, 0.25) is 0 Å². The Labute approximate surface area is 120 Å². The summed E-state index contributed by atoms with van der Waals surface area (Å²) in [5.74, 6) is -2.04. The highest BCUT2D eigenvalue weighted by molar-refractivity contribution is 5.97. The number of rotatable bonds is 3. The lowest BCUT2D eigenvalue weighted by Gasteiger charge is -2.27. The summed E-state index contributed by atoms with van der Waals surface area (Å²) < 4.78 is 26.9. The van der Waals surface area contributed by atoms with Crippen LogP contribution in [0.2, 0.25) is 0 Å². The summed E-state index contributed by atoms with van der Waals surface area (Å²) in [5.41, 5.74) is -0.585. The number of para-hydroxylation sites is 1. The van der Waals surface area contributed by atoms with Gasteiger partial charge in [-0.15, -0.1) is 0 Å². The van der Waals surface area contributed by atoms with Crippen LogP contribution >= 0.6 is 0 Å². The third-order valence-corrected chi connectivity index (χ3v) is 3.08. The molecule has 1 saturated heterocycles. The maximum atomic E-state index is 13.4. The lowest BCUT2D eigenvalue weighted by molar-refractivity contribution is -0.127. The summed E-state index contributed by atoms with van der Waals surface area (Å²) in [6, 6.07) is 5.16. The standard InChI is InChI=1S/C14H14F2N4O/c15-11-2-1-3-12(16)13(11)19-9-10(8-17)14(21)20-6-4-18-5-7-20/h1-3,9,18-19H,4-7H2/b10-9-. The van der Waals surface area contributed by atoms with E-state index in [0.717, 1.165) is 18.3 Å². The highest BCUT2D eigenvalue weighted by Crippen LogP contribution is 2.18. The second-order valence-corrected chi connectivity index (χ2v) is 4.45. The molecule has 1 heterocycles. The van der Waals surface area contributed by atoms with E-state index in [1.165, 1.54) is 11.0 Å². The Morgan fingerprint density at radius 2 is 1.95 bits per heavy atom. The van der Waals surface area contributed by atoms with Crippen molar-refractivity contribution in [2.45, 2.75) is 0 Å². The Balaban J connectivity index is 2.14. The Morgan fingerprint density at radius 1 is 1.33 bits per heavy atom. The first-order chi connectivity index (χ1) is 10.1. The smallest absolute Gasteiger partial charge is 0.266 e. The van der Waals surface area contributed by atoms with Crippen LogP contribution in [0.25, 0.3) is 0 Å². The number of anilines is 1. The number of nitriles is 1. The summed E-state index contributed by atoms with van der Waals surface area (Å²) >= 11 is 0. The molecule has 1 aromatic carbocycles. The zero-order valence-electron chi connectivity index (χ0n) is 11.2. The van der Waals surface area contributed by atoms with Crippen molar-refractivity contribution in [3.8, 4) is 6.07 Å². The normalized spacial score (nSPS) is 15.5. The zero-order valence-corrected chi connectivity index (χ0v) is 11.2. The minimum absolute atomic E-state index is 0.195. The largest absolute Gasteiger partial charge is 0.355 e. The van der Waals surface area contributed by atoms with Gasteiger partial charge in [-0.05, 0) is 12.1 Å². The zero-order chi connectivity index (χ0) is 15.2. The van der Waals surface area contributed by atoms with Gasteiger partial charge in [0.05, 0.1) is 0 Å². The average molecular weight is 292 g/mol. The van der Waals surface area contributed by atoms with Gasteiger partial charge in [-0.25, -0.2) is 8.78 Å². The summed E-state index contributed by atoms with van der Waals surface area (Å²) in [4.78, 5) is 13.6. The molecule has 7 heteroatoms. The van der Waals surface area contributed by atoms with Crippen LogP contribution in [-0.2, 0) is 4.79 Å². The molecule has 0 spiro atoms. The summed E-state index contributed by atoms with van der Waals surface area (Å²) in [5, 5.41) is 14.5. The topological polar surface area (TPSA) is 68.2 Å². The van der Waals surface area contributed by atoms with Crippen molar-refractivity contribution in [3.63, 3.8) is 0 Å². The Bertz CT molecular complexity index is 583. The van der Waals surface area contributed by atoms with Gasteiger partial charge in [0.25, 0.3) is 5.91 Å². The van der Waals surface area contributed by atoms with Crippen molar-refractivity contribution in [1.82, 2.24) is 10.2 Å². The van der Waals surface area contributed by atoms with Crippen molar-refractivity contribution >= 4 is 11.6 Å². The molecule has 0 aromatic heterocycles. The second kappa shape index (κ2) is 6.81. The molecular weight excluding hydrogens is 278 g/mol. The lowest BCUT2D eigenvalue weighted by atomic mass is 10.2. The number of nitrogens with zero attached hydrogens (tertiary/aromatic N) is 2. The number of benzene rings is 1. The van der Waals surface area contributed by atoms with E-state index in [4.69, 9.17) is 5.26 Å². The van der Waals surface area contributed by atoms with Crippen LogP contribution < -0.4 is 10.6 Å². The number of carbonyl (C=O) groups excluding carboxylic acids is 1. The Hall–Kier alpha value is -2.46. The molecule has 1 amide bonds. The molecule has 1 aliphatic heterocycles. The maximum Gasteiger partial charge on any atom is 0.266 e. The minimum atomic E-state index is -0.793. The van der Waals surface area contributed by atoms with E-state index in [-0.39, 0.29) is 5.57 Å². The molecule has 1 fully saturated rings. The lowest BCUT2D eigenvalue weighted by Crippen LogP contribution is -2.46. The molecule has 21 heavy (non-hydrogen) atoms. The molecule has 110 valence electrons. The van der Waals surface area contributed by atoms with Crippen LogP contribution in [0.15, 0.2) is 30.0 Å². The van der Waals surface area contributed by atoms with Gasteiger partial charge in [-0.3, -0.25) is 4.79 Å². The second-order valence-electron chi connectivity index (χ2n) is 4.45. The number of piperazine rings is 1. The Kier molecular flexibility index (Phi) is 4.85. The molecule has 2 N–H and O–H groups in total. The average Bonchev–Trinajstić information content (AvgIpc) is 2.51. The molecule has 0 bridgehead atoms. The SMILES string of the molecule is N#C/C(=C/Nc1c(F)cccc1F)C(=O)N1CCNCC1. The third-order valence-electron chi connectivity index (χ3n) is 3.08. The number of halogens is 2. The monoisotopic (exact) mass is 292 g/mol.